The van der Waals surface area contributed by atoms with E-state index in [1.54, 1.807) is 0 Å². The zero-order valence-electron chi connectivity index (χ0n) is 12.2. The molecular formula is C15H29N3O. The predicted molar refractivity (Wildman–Crippen MR) is 78.3 cm³/mol. The molecule has 2 aliphatic carbocycles. The van der Waals surface area contributed by atoms with Crippen molar-refractivity contribution in [2.24, 2.45) is 28.1 Å². The third-order valence-electron chi connectivity index (χ3n) is 4.92. The van der Waals surface area contributed by atoms with Gasteiger partial charge in [0.2, 0.25) is 0 Å². The highest BCUT2D eigenvalue weighted by Gasteiger charge is 2.42. The second-order valence-corrected chi connectivity index (χ2v) is 6.87. The standard InChI is InChI=1S/C15H29N3O/c1-12-3-2-4-13(9-12)5-8-17-11-15(6-7-15)10-14(16)18-19/h12-13,17,19H,2-11H2,1H3,(H2,16,18). The van der Waals surface area contributed by atoms with Crippen molar-refractivity contribution >= 4 is 5.84 Å². The Morgan fingerprint density at radius 3 is 2.84 bits per heavy atom. The molecule has 19 heavy (non-hydrogen) atoms. The molecule has 2 saturated carbocycles. The van der Waals surface area contributed by atoms with Gasteiger partial charge in [0.25, 0.3) is 0 Å². The van der Waals surface area contributed by atoms with Crippen molar-refractivity contribution in [1.82, 2.24) is 5.32 Å². The zero-order chi connectivity index (χ0) is 13.7. The second kappa shape index (κ2) is 6.60. The molecule has 0 bridgehead atoms. The van der Waals surface area contributed by atoms with Crippen LogP contribution in [0.2, 0.25) is 0 Å². The Balaban J connectivity index is 1.59. The molecular weight excluding hydrogens is 238 g/mol. The van der Waals surface area contributed by atoms with Crippen LogP contribution in [0.25, 0.3) is 0 Å². The SMILES string of the molecule is CC1CCCC(CCNCC2(CC(N)=NO)CC2)C1. The maximum absolute atomic E-state index is 8.64. The summed E-state index contributed by atoms with van der Waals surface area (Å²) in [7, 11) is 0. The highest BCUT2D eigenvalue weighted by Crippen LogP contribution is 2.48. The average molecular weight is 267 g/mol. The number of oxime groups is 1. The molecule has 4 heteroatoms. The Hall–Kier alpha value is -0.770. The number of hydrogen-bond acceptors (Lipinski definition) is 3. The van der Waals surface area contributed by atoms with E-state index in [4.69, 9.17) is 10.9 Å². The van der Waals surface area contributed by atoms with Crippen LogP contribution in [0.4, 0.5) is 0 Å². The van der Waals surface area contributed by atoms with Gasteiger partial charge in [-0.1, -0.05) is 31.3 Å². The lowest BCUT2D eigenvalue weighted by Gasteiger charge is -2.27. The summed E-state index contributed by atoms with van der Waals surface area (Å²) in [6.45, 7) is 4.52. The van der Waals surface area contributed by atoms with E-state index in [0.29, 0.717) is 5.84 Å². The molecule has 0 spiro atoms. The zero-order valence-corrected chi connectivity index (χ0v) is 12.2. The van der Waals surface area contributed by atoms with Crippen LogP contribution in [0.15, 0.2) is 5.16 Å². The molecule has 0 aliphatic heterocycles. The summed E-state index contributed by atoms with van der Waals surface area (Å²) in [5.41, 5.74) is 5.90. The predicted octanol–water partition coefficient (Wildman–Crippen LogP) is 2.71. The van der Waals surface area contributed by atoms with Crippen LogP contribution in [0, 0.1) is 17.3 Å². The van der Waals surface area contributed by atoms with Crippen molar-refractivity contribution in [2.75, 3.05) is 13.1 Å². The van der Waals surface area contributed by atoms with Gasteiger partial charge in [0.05, 0.1) is 0 Å². The van der Waals surface area contributed by atoms with E-state index in [1.165, 1.54) is 44.9 Å². The van der Waals surface area contributed by atoms with Crippen molar-refractivity contribution in [3.63, 3.8) is 0 Å². The minimum Gasteiger partial charge on any atom is -0.409 e. The molecule has 0 radical (unpaired) electrons. The summed E-state index contributed by atoms with van der Waals surface area (Å²) in [6, 6.07) is 0. The van der Waals surface area contributed by atoms with Gasteiger partial charge in [-0.25, -0.2) is 0 Å². The Labute approximate surface area is 116 Å². The van der Waals surface area contributed by atoms with E-state index in [0.717, 1.165) is 31.3 Å². The van der Waals surface area contributed by atoms with Crippen molar-refractivity contribution in [3.05, 3.63) is 0 Å². The molecule has 4 nitrogen and oxygen atoms in total. The minimum atomic E-state index is 0.288. The molecule has 2 rings (SSSR count). The lowest BCUT2D eigenvalue weighted by Crippen LogP contribution is -2.30. The first-order valence-corrected chi connectivity index (χ1v) is 7.81. The molecule has 0 saturated heterocycles. The minimum absolute atomic E-state index is 0.288. The smallest absolute Gasteiger partial charge is 0.139 e. The fourth-order valence-electron chi connectivity index (χ4n) is 3.49. The van der Waals surface area contributed by atoms with Gasteiger partial charge in [-0.2, -0.15) is 0 Å². The molecule has 4 N–H and O–H groups in total. The topological polar surface area (TPSA) is 70.6 Å². The van der Waals surface area contributed by atoms with E-state index in [-0.39, 0.29) is 5.41 Å². The van der Waals surface area contributed by atoms with E-state index in [1.807, 2.05) is 0 Å². The molecule has 0 aromatic rings. The van der Waals surface area contributed by atoms with Gasteiger partial charge in [0.1, 0.15) is 5.84 Å². The number of nitrogens with one attached hydrogen (secondary N) is 1. The fraction of sp³-hybridized carbons (Fsp3) is 0.933. The fourth-order valence-corrected chi connectivity index (χ4v) is 3.49. The van der Waals surface area contributed by atoms with Crippen molar-refractivity contribution < 1.29 is 5.21 Å². The number of nitrogens with two attached hydrogens (primary N) is 1. The average Bonchev–Trinajstić information content (AvgIpc) is 3.15. The molecule has 0 aromatic heterocycles. The first kappa shape index (κ1) is 14.6. The van der Waals surface area contributed by atoms with Crippen LogP contribution >= 0.6 is 0 Å². The highest BCUT2D eigenvalue weighted by molar-refractivity contribution is 5.80. The van der Waals surface area contributed by atoms with Crippen molar-refractivity contribution in [3.8, 4) is 0 Å². The molecule has 2 aliphatic rings. The molecule has 2 atom stereocenters. The Morgan fingerprint density at radius 2 is 2.21 bits per heavy atom. The second-order valence-electron chi connectivity index (χ2n) is 6.87. The molecule has 110 valence electrons. The first-order chi connectivity index (χ1) is 9.13. The number of hydrogen-bond donors (Lipinski definition) is 3. The largest absolute Gasteiger partial charge is 0.409 e. The van der Waals surface area contributed by atoms with Crippen LogP contribution in [0.3, 0.4) is 0 Å². The summed E-state index contributed by atoms with van der Waals surface area (Å²) < 4.78 is 0. The summed E-state index contributed by atoms with van der Waals surface area (Å²) >= 11 is 0. The molecule has 2 unspecified atom stereocenters. The van der Waals surface area contributed by atoms with Crippen LogP contribution in [-0.2, 0) is 0 Å². The third kappa shape index (κ3) is 4.68. The van der Waals surface area contributed by atoms with Gasteiger partial charge in [0, 0.05) is 13.0 Å². The lowest BCUT2D eigenvalue weighted by molar-refractivity contribution is 0.265. The van der Waals surface area contributed by atoms with Crippen LogP contribution in [0.1, 0.15) is 58.3 Å². The Kier molecular flexibility index (Phi) is 5.08. The highest BCUT2D eigenvalue weighted by atomic mass is 16.4. The first-order valence-electron chi connectivity index (χ1n) is 7.81. The van der Waals surface area contributed by atoms with E-state index in [9.17, 15) is 0 Å². The lowest BCUT2D eigenvalue weighted by atomic mass is 9.81. The normalized spacial score (nSPS) is 30.3. The van der Waals surface area contributed by atoms with Crippen LogP contribution in [-0.4, -0.2) is 24.1 Å². The molecule has 0 aromatic carbocycles. The van der Waals surface area contributed by atoms with Gasteiger partial charge < -0.3 is 16.3 Å². The van der Waals surface area contributed by atoms with Gasteiger partial charge in [-0.15, -0.1) is 0 Å². The maximum atomic E-state index is 8.64. The Bertz CT molecular complexity index is 313. The Morgan fingerprint density at radius 1 is 1.42 bits per heavy atom. The number of nitrogens with zero attached hydrogens (tertiary/aromatic N) is 1. The summed E-state index contributed by atoms with van der Waals surface area (Å²) in [4.78, 5) is 0. The van der Waals surface area contributed by atoms with Crippen molar-refractivity contribution in [2.45, 2.75) is 58.3 Å². The van der Waals surface area contributed by atoms with E-state index in [2.05, 4.69) is 17.4 Å². The third-order valence-corrected chi connectivity index (χ3v) is 4.92. The number of rotatable bonds is 7. The summed E-state index contributed by atoms with van der Waals surface area (Å²) in [5.74, 6) is 2.23. The molecule has 0 amide bonds. The summed E-state index contributed by atoms with van der Waals surface area (Å²) in [5, 5.41) is 15.3. The van der Waals surface area contributed by atoms with Crippen LogP contribution in [0.5, 0.6) is 0 Å². The maximum Gasteiger partial charge on any atom is 0.139 e. The monoisotopic (exact) mass is 267 g/mol. The van der Waals surface area contributed by atoms with Crippen molar-refractivity contribution in [1.29, 1.82) is 0 Å². The van der Waals surface area contributed by atoms with Gasteiger partial charge in [0.15, 0.2) is 0 Å². The van der Waals surface area contributed by atoms with E-state index >= 15 is 0 Å². The quantitative estimate of drug-likeness (QED) is 0.218. The van der Waals surface area contributed by atoms with Crippen LogP contribution < -0.4 is 11.1 Å². The van der Waals surface area contributed by atoms with Gasteiger partial charge >= 0.3 is 0 Å². The molecule has 0 heterocycles. The van der Waals surface area contributed by atoms with Gasteiger partial charge in [-0.05, 0) is 49.5 Å². The number of amidine groups is 1. The molecule has 2 fully saturated rings. The van der Waals surface area contributed by atoms with Gasteiger partial charge in [-0.3, -0.25) is 0 Å². The summed E-state index contributed by atoms with van der Waals surface area (Å²) in [6.07, 6.45) is 10.1. The van der Waals surface area contributed by atoms with E-state index < -0.39 is 0 Å².